The van der Waals surface area contributed by atoms with Crippen LogP contribution in [0.25, 0.3) is 46.4 Å². The maximum atomic E-state index is 4.63. The van der Waals surface area contributed by atoms with Gasteiger partial charge in [0.15, 0.2) is 0 Å². The first-order valence-electron chi connectivity index (χ1n) is 9.91. The van der Waals surface area contributed by atoms with Gasteiger partial charge < -0.3 is 15.3 Å². The molecule has 0 spiro atoms. The fourth-order valence-electron chi connectivity index (χ4n) is 3.35. The number of H-pyrrole nitrogens is 2. The summed E-state index contributed by atoms with van der Waals surface area (Å²) in [4.78, 5) is 16.0. The van der Waals surface area contributed by atoms with Crippen molar-refractivity contribution in [2.24, 2.45) is 0 Å². The Hall–Kier alpha value is -4.12. The molecule has 6 rings (SSSR count). The summed E-state index contributed by atoms with van der Waals surface area (Å²) in [5.74, 6) is 0. The molecular formula is C25H21N5. The number of hydrogen-bond donors (Lipinski definition) is 3. The number of aromatic amines is 2. The first-order valence-corrected chi connectivity index (χ1v) is 9.91. The summed E-state index contributed by atoms with van der Waals surface area (Å²) >= 11 is 0. The van der Waals surface area contributed by atoms with Gasteiger partial charge in [-0.1, -0.05) is 12.2 Å². The van der Waals surface area contributed by atoms with Gasteiger partial charge in [0.2, 0.25) is 0 Å². The van der Waals surface area contributed by atoms with E-state index in [0.29, 0.717) is 0 Å². The maximum Gasteiger partial charge on any atom is 0.0658 e. The molecule has 5 nitrogen and oxygen atoms in total. The van der Waals surface area contributed by atoms with E-state index in [1.165, 1.54) is 0 Å². The number of allylic oxidation sites excluding steroid dienone is 2. The van der Waals surface area contributed by atoms with Crippen LogP contribution in [-0.2, 0) is 0 Å². The lowest BCUT2D eigenvalue weighted by Crippen LogP contribution is -1.93. The van der Waals surface area contributed by atoms with Gasteiger partial charge in [-0.3, -0.25) is 0 Å². The van der Waals surface area contributed by atoms with Gasteiger partial charge in [0.1, 0.15) is 0 Å². The minimum atomic E-state index is 0.939. The van der Waals surface area contributed by atoms with Crippen LogP contribution in [0.5, 0.6) is 0 Å². The quantitative estimate of drug-likeness (QED) is 0.319. The minimum Gasteiger partial charge on any atom is -0.368 e. The molecule has 6 heterocycles. The molecule has 146 valence electrons. The Balaban J connectivity index is 0.000000279. The number of dihydropyridines is 1. The van der Waals surface area contributed by atoms with Gasteiger partial charge >= 0.3 is 0 Å². The smallest absolute Gasteiger partial charge is 0.0658 e. The lowest BCUT2D eigenvalue weighted by atomic mass is 10.3. The lowest BCUT2D eigenvalue weighted by Gasteiger charge is -1.92. The molecule has 0 atom stereocenters. The molecule has 0 unspecified atom stereocenters. The number of fused-ring (bicyclic) bond motifs is 8. The zero-order valence-electron chi connectivity index (χ0n) is 16.3. The van der Waals surface area contributed by atoms with Crippen LogP contribution in [0.15, 0.2) is 73.1 Å². The summed E-state index contributed by atoms with van der Waals surface area (Å²) in [6.07, 6.45) is 17.2. The van der Waals surface area contributed by atoms with Crippen LogP contribution in [0.1, 0.15) is 29.2 Å². The van der Waals surface area contributed by atoms with E-state index in [2.05, 4.69) is 61.7 Å². The number of nitrogens with one attached hydrogen (secondary N) is 3. The summed E-state index contributed by atoms with van der Waals surface area (Å²) < 4.78 is 0. The maximum absolute atomic E-state index is 4.63. The van der Waals surface area contributed by atoms with Gasteiger partial charge in [-0.25, -0.2) is 9.97 Å². The predicted octanol–water partition coefficient (Wildman–Crippen LogP) is 5.66. The molecule has 5 heteroatoms. The van der Waals surface area contributed by atoms with Crippen molar-refractivity contribution in [1.82, 2.24) is 25.3 Å². The molecule has 3 aliphatic rings. The van der Waals surface area contributed by atoms with E-state index < -0.39 is 0 Å². The van der Waals surface area contributed by atoms with Gasteiger partial charge in [0.25, 0.3) is 0 Å². The Kier molecular flexibility index (Phi) is 4.84. The summed E-state index contributed by atoms with van der Waals surface area (Å²) in [6.45, 7) is 0. The zero-order valence-corrected chi connectivity index (χ0v) is 16.3. The van der Waals surface area contributed by atoms with E-state index in [4.69, 9.17) is 0 Å². The summed E-state index contributed by atoms with van der Waals surface area (Å²) in [7, 11) is 0. The van der Waals surface area contributed by atoms with Crippen LogP contribution in [0, 0.1) is 0 Å². The first kappa shape index (κ1) is 17.9. The molecule has 0 aromatic carbocycles. The Morgan fingerprint density at radius 2 is 0.900 bits per heavy atom. The Labute approximate surface area is 174 Å². The molecule has 3 aromatic rings. The van der Waals surface area contributed by atoms with Gasteiger partial charge in [0.05, 0.1) is 22.8 Å². The van der Waals surface area contributed by atoms with Crippen molar-refractivity contribution in [2.75, 3.05) is 0 Å². The van der Waals surface area contributed by atoms with Crippen LogP contribution in [0.2, 0.25) is 0 Å². The fraction of sp³-hybridized carbons (Fsp3) is 0.0400. The van der Waals surface area contributed by atoms with E-state index in [9.17, 15) is 0 Å². The highest BCUT2D eigenvalue weighted by molar-refractivity contribution is 5.77. The molecule has 0 radical (unpaired) electrons. The van der Waals surface area contributed by atoms with Crippen LogP contribution < -0.4 is 5.32 Å². The van der Waals surface area contributed by atoms with Gasteiger partial charge in [-0.05, 0) is 91.7 Å². The van der Waals surface area contributed by atoms with Gasteiger partial charge in [0, 0.05) is 22.1 Å². The van der Waals surface area contributed by atoms with Crippen molar-refractivity contribution < 1.29 is 0 Å². The highest BCUT2D eigenvalue weighted by atomic mass is 14.8. The predicted molar refractivity (Wildman–Crippen MR) is 125 cm³/mol. The minimum absolute atomic E-state index is 0.939. The highest BCUT2D eigenvalue weighted by Gasteiger charge is 2.01. The average Bonchev–Trinajstić information content (AvgIpc) is 3.56. The summed E-state index contributed by atoms with van der Waals surface area (Å²) in [5.41, 5.74) is 7.86. The summed E-state index contributed by atoms with van der Waals surface area (Å²) in [6, 6.07) is 16.4. The lowest BCUT2D eigenvalue weighted by molar-refractivity contribution is 1.11. The molecule has 0 aliphatic carbocycles. The molecule has 30 heavy (non-hydrogen) atoms. The zero-order chi connectivity index (χ0) is 20.2. The third-order valence-electron chi connectivity index (χ3n) is 4.74. The Morgan fingerprint density at radius 1 is 0.533 bits per heavy atom. The summed E-state index contributed by atoms with van der Waals surface area (Å²) in [5, 5.41) is 2.92. The number of aromatic nitrogens is 4. The van der Waals surface area contributed by atoms with Crippen LogP contribution >= 0.6 is 0 Å². The largest absolute Gasteiger partial charge is 0.368 e. The molecular weight excluding hydrogens is 370 g/mol. The van der Waals surface area contributed by atoms with Crippen molar-refractivity contribution in [3.8, 4) is 0 Å². The fourth-order valence-corrected chi connectivity index (χ4v) is 3.35. The van der Waals surface area contributed by atoms with E-state index in [1.807, 2.05) is 61.0 Å². The molecule has 0 saturated heterocycles. The molecule has 3 aromatic heterocycles. The van der Waals surface area contributed by atoms with Crippen LogP contribution in [0.3, 0.4) is 0 Å². The van der Waals surface area contributed by atoms with Crippen molar-refractivity contribution in [1.29, 1.82) is 0 Å². The topological polar surface area (TPSA) is 69.4 Å². The van der Waals surface area contributed by atoms with E-state index in [0.717, 1.165) is 51.3 Å². The third kappa shape index (κ3) is 4.31. The molecule has 8 bridgehead atoms. The number of hydrogen-bond acceptors (Lipinski definition) is 3. The van der Waals surface area contributed by atoms with Gasteiger partial charge in [-0.15, -0.1) is 0 Å². The van der Waals surface area contributed by atoms with Crippen LogP contribution in [0.4, 0.5) is 0 Å². The standard InChI is InChI=1S/C20H14N4.C5H7N/c1-2-14-10-16-5-6-18(23-16)12-20-8-7-19(24-20)11-17-4-3-15(22-17)9-13(1)21-14;1-2-4-6-5-3-1/h1-12,21,24H;2-6H,1H2. The van der Waals surface area contributed by atoms with E-state index in [1.54, 1.807) is 0 Å². The average molecular weight is 391 g/mol. The van der Waals surface area contributed by atoms with Crippen molar-refractivity contribution in [2.45, 2.75) is 6.42 Å². The number of nitrogens with zero attached hydrogens (tertiary/aromatic N) is 2. The molecule has 0 saturated carbocycles. The molecule has 0 amide bonds. The second kappa shape index (κ2) is 8.09. The number of rotatable bonds is 0. The van der Waals surface area contributed by atoms with Crippen molar-refractivity contribution in [3.63, 3.8) is 0 Å². The van der Waals surface area contributed by atoms with Gasteiger partial charge in [-0.2, -0.15) is 0 Å². The molecule has 3 aliphatic heterocycles. The van der Waals surface area contributed by atoms with Crippen molar-refractivity contribution >= 4 is 46.4 Å². The second-order valence-electron chi connectivity index (χ2n) is 7.11. The normalized spacial score (nSPS) is 13.6. The first-order chi connectivity index (χ1) is 14.8. The van der Waals surface area contributed by atoms with Crippen molar-refractivity contribution in [3.05, 3.63) is 95.9 Å². The Morgan fingerprint density at radius 3 is 1.17 bits per heavy atom. The van der Waals surface area contributed by atoms with Crippen LogP contribution in [-0.4, -0.2) is 19.9 Å². The Bertz CT molecular complexity index is 1150. The van der Waals surface area contributed by atoms with E-state index >= 15 is 0 Å². The molecule has 3 N–H and O–H groups in total. The second-order valence-corrected chi connectivity index (χ2v) is 7.11. The van der Waals surface area contributed by atoms with E-state index in [-0.39, 0.29) is 0 Å². The molecule has 0 fully saturated rings. The third-order valence-corrected chi connectivity index (χ3v) is 4.74. The highest BCUT2D eigenvalue weighted by Crippen LogP contribution is 2.16. The monoisotopic (exact) mass is 391 g/mol. The SMILES string of the molecule is C1=CNC=CC1.C1=Cc2cc3ccc(cc4nc(cc5ccc(cc1n2)[nH]5)C=C4)[nH]3.